The molecule has 0 bridgehead atoms. The molecule has 3 aromatic heterocycles. The molecule has 42 heavy (non-hydrogen) atoms. The number of carbonyl (C=O) groups is 1. The van der Waals surface area contributed by atoms with Crippen molar-refractivity contribution in [2.75, 3.05) is 19.0 Å². The number of hydrogen-bond donors (Lipinski definition) is 2. The van der Waals surface area contributed by atoms with E-state index in [4.69, 9.17) is 18.7 Å². The maximum Gasteiger partial charge on any atom is 0.358 e. The molecule has 1 aromatic carbocycles. The summed E-state index contributed by atoms with van der Waals surface area (Å²) in [5.74, 6) is -3.05. The third kappa shape index (κ3) is 10.4. The Morgan fingerprint density at radius 2 is 1.83 bits per heavy atom. The number of halogens is 2. The van der Waals surface area contributed by atoms with Crippen LogP contribution in [-0.2, 0) is 12.5 Å². The molecule has 0 saturated heterocycles. The Morgan fingerprint density at radius 3 is 2.50 bits per heavy atom. The van der Waals surface area contributed by atoms with Crippen molar-refractivity contribution in [3.8, 4) is 17.1 Å². The first-order valence-corrected chi connectivity index (χ1v) is 14.3. The second-order valence-electron chi connectivity index (χ2n) is 10.0. The Kier molecular flexibility index (Phi) is 12.6. The van der Waals surface area contributed by atoms with E-state index in [0.29, 0.717) is 23.6 Å². The number of carboxylic acid groups (broad SMARTS) is 1. The van der Waals surface area contributed by atoms with Crippen molar-refractivity contribution < 1.29 is 32.3 Å². The van der Waals surface area contributed by atoms with Crippen molar-refractivity contribution in [3.63, 3.8) is 0 Å². The number of methoxy groups -OCH3 is 1. The highest BCUT2D eigenvalue weighted by Gasteiger charge is 2.28. The van der Waals surface area contributed by atoms with Gasteiger partial charge >= 0.3 is 11.9 Å². The number of nitrogens with zero attached hydrogens (tertiary/aromatic N) is 3. The second kappa shape index (κ2) is 16.3. The van der Waals surface area contributed by atoms with Crippen LogP contribution in [0.3, 0.4) is 0 Å². The predicted octanol–water partition coefficient (Wildman–Crippen LogP) is 8.24. The summed E-state index contributed by atoms with van der Waals surface area (Å²) in [6.45, 7) is 4.34. The van der Waals surface area contributed by atoms with E-state index in [0.717, 1.165) is 32.0 Å². The van der Waals surface area contributed by atoms with Crippen LogP contribution in [0, 0.1) is 0 Å². The van der Waals surface area contributed by atoms with Crippen LogP contribution in [0.15, 0.2) is 64.0 Å². The van der Waals surface area contributed by atoms with Crippen LogP contribution in [0.2, 0.25) is 0 Å². The van der Waals surface area contributed by atoms with Gasteiger partial charge in [0.25, 0.3) is 0 Å². The van der Waals surface area contributed by atoms with E-state index in [1.807, 2.05) is 6.20 Å². The summed E-state index contributed by atoms with van der Waals surface area (Å²) in [6.07, 6.45) is 15.1. The van der Waals surface area contributed by atoms with Crippen LogP contribution < -0.4 is 10.1 Å². The molecule has 0 aliphatic carbocycles. The molecular weight excluding hydrogens is 546 g/mol. The van der Waals surface area contributed by atoms with Crippen molar-refractivity contribution in [2.45, 2.75) is 77.7 Å². The predicted molar refractivity (Wildman–Crippen MR) is 156 cm³/mol. The first-order valence-electron chi connectivity index (χ1n) is 14.3. The number of hydrogen-bond acceptors (Lipinski definition) is 7. The lowest BCUT2D eigenvalue weighted by molar-refractivity contribution is -0.00637. The molecule has 0 radical (unpaired) electrons. The van der Waals surface area contributed by atoms with Crippen molar-refractivity contribution in [2.24, 2.45) is 0 Å². The van der Waals surface area contributed by atoms with Crippen molar-refractivity contribution in [3.05, 3.63) is 72.4 Å². The average molecular weight is 587 g/mol. The molecule has 0 aliphatic heterocycles. The minimum Gasteiger partial charge on any atom is -0.497 e. The van der Waals surface area contributed by atoms with Gasteiger partial charge in [0.05, 0.1) is 25.5 Å². The molecule has 0 atom stereocenters. The Hall–Kier alpha value is -4.15. The molecule has 9 nitrogen and oxygen atoms in total. The average Bonchev–Trinajstić information content (AvgIpc) is 3.74. The lowest BCUT2D eigenvalue weighted by atomic mass is 10.1. The minimum atomic E-state index is -2.95. The molecular formula is C31H40F2N4O5. The number of rotatable bonds is 16. The van der Waals surface area contributed by atoms with E-state index in [2.05, 4.69) is 22.3 Å². The van der Waals surface area contributed by atoms with Gasteiger partial charge in [-0.05, 0) is 30.7 Å². The molecule has 228 valence electrons. The van der Waals surface area contributed by atoms with E-state index in [1.165, 1.54) is 58.1 Å². The first-order chi connectivity index (χ1) is 20.2. The number of carboxylic acids is 1. The number of aromatic nitrogens is 3. The monoisotopic (exact) mass is 586 g/mol. The number of alkyl halides is 2. The Balaban J connectivity index is 0.000000258. The topological polar surface area (TPSA) is 116 Å². The fraction of sp³-hybridized carbons (Fsp3) is 0.452. The molecule has 2 N–H and O–H groups in total. The molecule has 3 heterocycles. The van der Waals surface area contributed by atoms with Crippen LogP contribution in [0.4, 0.5) is 14.5 Å². The SMILES string of the molecule is CCCCCCCCCCNc1cnn(Cc2ccc(C(C)(F)F)o2)c1.COc1cccc(-c2ocnc2C(=O)O)c1. The van der Waals surface area contributed by atoms with Crippen LogP contribution >= 0.6 is 0 Å². The second-order valence-corrected chi connectivity index (χ2v) is 10.0. The smallest absolute Gasteiger partial charge is 0.358 e. The quantitative estimate of drug-likeness (QED) is 0.126. The zero-order valence-corrected chi connectivity index (χ0v) is 24.4. The minimum absolute atomic E-state index is 0.103. The lowest BCUT2D eigenvalue weighted by Crippen LogP contribution is -2.05. The lowest BCUT2D eigenvalue weighted by Gasteiger charge is -2.05. The van der Waals surface area contributed by atoms with Gasteiger partial charge in [-0.3, -0.25) is 4.68 Å². The van der Waals surface area contributed by atoms with Gasteiger partial charge in [0.15, 0.2) is 23.6 Å². The van der Waals surface area contributed by atoms with Crippen molar-refractivity contribution >= 4 is 11.7 Å². The van der Waals surface area contributed by atoms with Gasteiger partial charge in [-0.2, -0.15) is 13.9 Å². The number of ether oxygens (including phenoxy) is 1. The molecule has 0 spiro atoms. The zero-order valence-electron chi connectivity index (χ0n) is 24.4. The highest BCUT2D eigenvalue weighted by Crippen LogP contribution is 2.29. The molecule has 0 saturated carbocycles. The van der Waals surface area contributed by atoms with Crippen molar-refractivity contribution in [1.29, 1.82) is 0 Å². The summed E-state index contributed by atoms with van der Waals surface area (Å²) in [7, 11) is 1.54. The Morgan fingerprint density at radius 1 is 1.10 bits per heavy atom. The number of oxazole rings is 1. The van der Waals surface area contributed by atoms with Gasteiger partial charge < -0.3 is 24.0 Å². The summed E-state index contributed by atoms with van der Waals surface area (Å²) < 4.78 is 43.4. The van der Waals surface area contributed by atoms with Crippen molar-refractivity contribution in [1.82, 2.24) is 14.8 Å². The van der Waals surface area contributed by atoms with Gasteiger partial charge in [0, 0.05) is 25.2 Å². The first kappa shape index (κ1) is 32.4. The van der Waals surface area contributed by atoms with Crippen LogP contribution in [-0.4, -0.2) is 39.5 Å². The number of anilines is 1. The normalized spacial score (nSPS) is 11.2. The Labute approximate surface area is 244 Å². The van der Waals surface area contributed by atoms with E-state index in [9.17, 15) is 13.6 Å². The number of nitrogens with one attached hydrogen (secondary N) is 1. The van der Waals surface area contributed by atoms with Crippen LogP contribution in [0.1, 0.15) is 87.2 Å². The summed E-state index contributed by atoms with van der Waals surface area (Å²) in [6, 6.07) is 9.83. The summed E-state index contributed by atoms with van der Waals surface area (Å²) >= 11 is 0. The number of unbranched alkanes of at least 4 members (excludes halogenated alkanes) is 7. The summed E-state index contributed by atoms with van der Waals surface area (Å²) in [5, 5.41) is 16.5. The molecule has 11 heteroatoms. The molecule has 4 rings (SSSR count). The largest absolute Gasteiger partial charge is 0.497 e. The molecule has 0 amide bonds. The van der Waals surface area contributed by atoms with E-state index in [-0.39, 0.29) is 17.2 Å². The van der Waals surface area contributed by atoms with Crippen LogP contribution in [0.5, 0.6) is 5.75 Å². The maximum absolute atomic E-state index is 13.2. The van der Waals surface area contributed by atoms with E-state index < -0.39 is 11.9 Å². The van der Waals surface area contributed by atoms with Gasteiger partial charge in [0.1, 0.15) is 11.5 Å². The van der Waals surface area contributed by atoms with Gasteiger partial charge in [-0.15, -0.1) is 0 Å². The maximum atomic E-state index is 13.2. The summed E-state index contributed by atoms with van der Waals surface area (Å²) in [4.78, 5) is 14.5. The van der Waals surface area contributed by atoms with Gasteiger partial charge in [0.2, 0.25) is 0 Å². The Bertz CT molecular complexity index is 1360. The fourth-order valence-electron chi connectivity index (χ4n) is 4.26. The number of aromatic carboxylic acids is 1. The van der Waals surface area contributed by atoms with E-state index >= 15 is 0 Å². The fourth-order valence-corrected chi connectivity index (χ4v) is 4.26. The standard InChI is InChI=1S/C20H31F2N3O.C11H9NO4/c1-3-4-5-6-7-8-9-10-13-23-17-14-24-25(15-17)16-18-11-12-19(26-18)20(2,21)22;1-15-8-4-2-3-7(5-8)10-9(11(13)14)12-6-16-10/h11-12,14-15,23H,3-10,13,16H2,1-2H3;2-6H,1H3,(H,13,14). The highest BCUT2D eigenvalue weighted by atomic mass is 19.3. The highest BCUT2D eigenvalue weighted by molar-refractivity contribution is 5.92. The van der Waals surface area contributed by atoms with Gasteiger partial charge in [-0.25, -0.2) is 9.78 Å². The molecule has 4 aromatic rings. The van der Waals surface area contributed by atoms with Crippen LogP contribution in [0.25, 0.3) is 11.3 Å². The molecule has 0 aliphatic rings. The third-order valence-electron chi connectivity index (χ3n) is 6.51. The molecule has 0 fully saturated rings. The number of benzene rings is 1. The van der Waals surface area contributed by atoms with Gasteiger partial charge in [-0.1, -0.05) is 64.0 Å². The summed E-state index contributed by atoms with van der Waals surface area (Å²) in [5.41, 5.74) is 1.46. The zero-order chi connectivity index (χ0) is 30.4. The number of furan rings is 1. The third-order valence-corrected chi connectivity index (χ3v) is 6.51. The van der Waals surface area contributed by atoms with E-state index in [1.54, 1.807) is 41.2 Å². The molecule has 0 unspecified atom stereocenters.